The molecule has 1 aromatic rings. The summed E-state index contributed by atoms with van der Waals surface area (Å²) in [7, 11) is 0. The first-order chi connectivity index (χ1) is 8.38. The third kappa shape index (κ3) is 4.69. The van der Waals surface area contributed by atoms with E-state index in [-0.39, 0.29) is 11.9 Å². The average molecular weight is 250 g/mol. The molecule has 100 valence electrons. The lowest BCUT2D eigenvalue weighted by Gasteiger charge is -2.11. The van der Waals surface area contributed by atoms with Gasteiger partial charge < -0.3 is 10.6 Å². The van der Waals surface area contributed by atoms with Crippen molar-refractivity contribution in [2.75, 3.05) is 11.9 Å². The van der Waals surface area contributed by atoms with Crippen LogP contribution < -0.4 is 10.6 Å². The van der Waals surface area contributed by atoms with Crippen molar-refractivity contribution in [1.29, 1.82) is 0 Å². The molecule has 0 spiro atoms. The number of aryl methyl sites for hydroxylation is 1. The van der Waals surface area contributed by atoms with E-state index >= 15 is 0 Å². The van der Waals surface area contributed by atoms with E-state index in [2.05, 4.69) is 34.4 Å². The molecule has 1 amide bonds. The molecular weight excluding hydrogens is 228 g/mol. The highest BCUT2D eigenvalue weighted by molar-refractivity contribution is 5.92. The van der Waals surface area contributed by atoms with E-state index in [0.717, 1.165) is 0 Å². The van der Waals surface area contributed by atoms with Crippen molar-refractivity contribution in [3.05, 3.63) is 17.6 Å². The summed E-state index contributed by atoms with van der Waals surface area (Å²) in [5.74, 6) is 1.55. The van der Waals surface area contributed by atoms with Crippen LogP contribution in [-0.2, 0) is 0 Å². The predicted octanol–water partition coefficient (Wildman–Crippen LogP) is 1.99. The summed E-state index contributed by atoms with van der Waals surface area (Å²) in [6, 6.07) is 1.95. The Hall–Kier alpha value is -1.65. The van der Waals surface area contributed by atoms with Gasteiger partial charge in [0, 0.05) is 18.7 Å². The third-order valence-corrected chi connectivity index (χ3v) is 2.18. The molecule has 0 radical (unpaired) electrons. The minimum Gasteiger partial charge on any atom is -0.368 e. The largest absolute Gasteiger partial charge is 0.368 e. The Morgan fingerprint density at radius 1 is 1.28 bits per heavy atom. The Morgan fingerprint density at radius 3 is 2.50 bits per heavy atom. The fourth-order valence-electron chi connectivity index (χ4n) is 1.44. The quantitative estimate of drug-likeness (QED) is 0.838. The molecule has 0 saturated carbocycles. The molecule has 0 bridgehead atoms. The molecule has 1 heterocycles. The van der Waals surface area contributed by atoms with E-state index < -0.39 is 0 Å². The molecule has 2 N–H and O–H groups in total. The molecule has 0 aliphatic heterocycles. The number of rotatable bonds is 5. The van der Waals surface area contributed by atoms with Crippen molar-refractivity contribution in [2.45, 2.75) is 40.7 Å². The molecule has 5 heteroatoms. The summed E-state index contributed by atoms with van der Waals surface area (Å²) in [5.41, 5.74) is 0.409. The summed E-state index contributed by atoms with van der Waals surface area (Å²) in [5, 5.41) is 6.02. The molecule has 0 aromatic carbocycles. The first-order valence-corrected chi connectivity index (χ1v) is 6.29. The van der Waals surface area contributed by atoms with Gasteiger partial charge in [-0.3, -0.25) is 4.79 Å². The Balaban J connectivity index is 2.81. The predicted molar refractivity (Wildman–Crippen MR) is 72.7 cm³/mol. The lowest BCUT2D eigenvalue weighted by Crippen LogP contribution is -2.28. The molecule has 1 aromatic heterocycles. The second-order valence-corrected chi connectivity index (χ2v) is 5.09. The van der Waals surface area contributed by atoms with Gasteiger partial charge in [-0.15, -0.1) is 0 Å². The normalized spacial score (nSPS) is 10.8. The lowest BCUT2D eigenvalue weighted by atomic mass is 10.2. The van der Waals surface area contributed by atoms with E-state index in [1.807, 2.05) is 13.8 Å². The SMILES string of the molecule is Cc1nc(NC(C)C)cc(C(=O)NCC(C)C)n1. The van der Waals surface area contributed by atoms with E-state index in [1.165, 1.54) is 0 Å². The number of nitrogens with zero attached hydrogens (tertiary/aromatic N) is 2. The van der Waals surface area contributed by atoms with Gasteiger partial charge in [-0.1, -0.05) is 13.8 Å². The summed E-state index contributed by atoms with van der Waals surface area (Å²) >= 11 is 0. The summed E-state index contributed by atoms with van der Waals surface area (Å²) in [4.78, 5) is 20.3. The van der Waals surface area contributed by atoms with Crippen molar-refractivity contribution < 1.29 is 4.79 Å². The molecule has 0 aliphatic rings. The molecule has 5 nitrogen and oxygen atoms in total. The topological polar surface area (TPSA) is 66.9 Å². The molecule has 0 fully saturated rings. The van der Waals surface area contributed by atoms with Gasteiger partial charge in [0.15, 0.2) is 0 Å². The molecule has 0 saturated heterocycles. The van der Waals surface area contributed by atoms with Gasteiger partial charge in [-0.25, -0.2) is 9.97 Å². The van der Waals surface area contributed by atoms with Crippen LogP contribution >= 0.6 is 0 Å². The van der Waals surface area contributed by atoms with Gasteiger partial charge in [0.1, 0.15) is 17.3 Å². The van der Waals surface area contributed by atoms with Crippen LogP contribution in [0.4, 0.5) is 5.82 Å². The first-order valence-electron chi connectivity index (χ1n) is 6.29. The first kappa shape index (κ1) is 14.4. The average Bonchev–Trinajstić information content (AvgIpc) is 2.23. The van der Waals surface area contributed by atoms with Gasteiger partial charge in [0.2, 0.25) is 0 Å². The van der Waals surface area contributed by atoms with Crippen molar-refractivity contribution in [3.8, 4) is 0 Å². The Morgan fingerprint density at radius 2 is 1.94 bits per heavy atom. The smallest absolute Gasteiger partial charge is 0.270 e. The second-order valence-electron chi connectivity index (χ2n) is 5.09. The van der Waals surface area contributed by atoms with Crippen LogP contribution in [0.25, 0.3) is 0 Å². The van der Waals surface area contributed by atoms with Crippen LogP contribution in [0, 0.1) is 12.8 Å². The van der Waals surface area contributed by atoms with Gasteiger partial charge in [-0.05, 0) is 26.7 Å². The van der Waals surface area contributed by atoms with Crippen molar-refractivity contribution in [1.82, 2.24) is 15.3 Å². The van der Waals surface area contributed by atoms with E-state index in [9.17, 15) is 4.79 Å². The van der Waals surface area contributed by atoms with Gasteiger partial charge in [-0.2, -0.15) is 0 Å². The van der Waals surface area contributed by atoms with Crippen molar-refractivity contribution >= 4 is 11.7 Å². The molecule has 0 atom stereocenters. The van der Waals surface area contributed by atoms with E-state index in [0.29, 0.717) is 29.8 Å². The summed E-state index contributed by atoms with van der Waals surface area (Å²) in [6.07, 6.45) is 0. The van der Waals surface area contributed by atoms with Gasteiger partial charge in [0.25, 0.3) is 5.91 Å². The molecule has 18 heavy (non-hydrogen) atoms. The summed E-state index contributed by atoms with van der Waals surface area (Å²) < 4.78 is 0. The number of nitrogens with one attached hydrogen (secondary N) is 2. The standard InChI is InChI=1S/C13H22N4O/c1-8(2)7-14-13(18)11-6-12(15-9(3)4)17-10(5)16-11/h6,8-9H,7H2,1-5H3,(H,14,18)(H,15,16,17). The highest BCUT2D eigenvalue weighted by atomic mass is 16.1. The maximum absolute atomic E-state index is 11.9. The number of hydrogen-bond acceptors (Lipinski definition) is 4. The Kier molecular flexibility index (Phi) is 5.07. The molecule has 1 rings (SSSR count). The Bertz CT molecular complexity index is 415. The van der Waals surface area contributed by atoms with Crippen LogP contribution in [0.15, 0.2) is 6.07 Å². The van der Waals surface area contributed by atoms with Crippen molar-refractivity contribution in [3.63, 3.8) is 0 Å². The second kappa shape index (κ2) is 6.33. The third-order valence-electron chi connectivity index (χ3n) is 2.18. The number of carbonyl (C=O) groups is 1. The Labute approximate surface area is 108 Å². The number of aromatic nitrogens is 2. The minimum atomic E-state index is -0.152. The maximum Gasteiger partial charge on any atom is 0.270 e. The molecule has 0 unspecified atom stereocenters. The number of anilines is 1. The maximum atomic E-state index is 11.9. The fraction of sp³-hybridized carbons (Fsp3) is 0.615. The molecular formula is C13H22N4O. The van der Waals surface area contributed by atoms with Crippen molar-refractivity contribution in [2.24, 2.45) is 5.92 Å². The number of amides is 1. The summed E-state index contributed by atoms with van der Waals surface area (Å²) in [6.45, 7) is 10.6. The number of hydrogen-bond donors (Lipinski definition) is 2. The van der Waals surface area contributed by atoms with E-state index in [4.69, 9.17) is 0 Å². The zero-order valence-corrected chi connectivity index (χ0v) is 11.7. The van der Waals surface area contributed by atoms with Gasteiger partial charge >= 0.3 is 0 Å². The zero-order chi connectivity index (χ0) is 13.7. The monoisotopic (exact) mass is 250 g/mol. The van der Waals surface area contributed by atoms with E-state index in [1.54, 1.807) is 13.0 Å². The van der Waals surface area contributed by atoms with Crippen LogP contribution in [0.3, 0.4) is 0 Å². The van der Waals surface area contributed by atoms with Gasteiger partial charge in [0.05, 0.1) is 0 Å². The van der Waals surface area contributed by atoms with Crippen LogP contribution in [0.5, 0.6) is 0 Å². The lowest BCUT2D eigenvalue weighted by molar-refractivity contribution is 0.0943. The fourth-order valence-corrected chi connectivity index (χ4v) is 1.44. The molecule has 0 aliphatic carbocycles. The highest BCUT2D eigenvalue weighted by Gasteiger charge is 2.11. The van der Waals surface area contributed by atoms with Crippen LogP contribution in [0.2, 0.25) is 0 Å². The number of carbonyl (C=O) groups excluding carboxylic acids is 1. The van der Waals surface area contributed by atoms with Crippen LogP contribution in [0.1, 0.15) is 44.0 Å². The minimum absolute atomic E-state index is 0.152. The van der Waals surface area contributed by atoms with Crippen LogP contribution in [-0.4, -0.2) is 28.5 Å². The zero-order valence-electron chi connectivity index (χ0n) is 11.7. The highest BCUT2D eigenvalue weighted by Crippen LogP contribution is 2.08.